The maximum absolute atomic E-state index is 5.91. The van der Waals surface area contributed by atoms with Crippen LogP contribution >= 0.6 is 0 Å². The van der Waals surface area contributed by atoms with Crippen LogP contribution in [-0.2, 0) is 15.9 Å². The lowest BCUT2D eigenvalue weighted by molar-refractivity contribution is -0.0138. The summed E-state index contributed by atoms with van der Waals surface area (Å²) in [6.45, 7) is 0. The van der Waals surface area contributed by atoms with Crippen LogP contribution in [0.5, 0.6) is 5.75 Å². The van der Waals surface area contributed by atoms with E-state index in [1.165, 1.54) is 0 Å². The van der Waals surface area contributed by atoms with Gasteiger partial charge in [0.15, 0.2) is 11.5 Å². The molecule has 0 amide bonds. The van der Waals surface area contributed by atoms with Crippen LogP contribution in [0.4, 0.5) is 0 Å². The lowest BCUT2D eigenvalue weighted by Crippen LogP contribution is -2.12. The van der Waals surface area contributed by atoms with Crippen LogP contribution in [0.1, 0.15) is 11.3 Å². The number of aromatic nitrogens is 1. The average Bonchev–Trinajstić information content (AvgIpc) is 3.32. The Morgan fingerprint density at radius 2 is 1.84 bits per heavy atom. The van der Waals surface area contributed by atoms with E-state index in [0.717, 1.165) is 22.4 Å². The summed E-state index contributed by atoms with van der Waals surface area (Å²) in [4.78, 5) is 0. The molecule has 126 valence electrons. The number of ether oxygens (including phenoxy) is 3. The first kappa shape index (κ1) is 15.3. The third kappa shape index (κ3) is 3.21. The summed E-state index contributed by atoms with van der Waals surface area (Å²) in [5, 5.41) is 4.08. The molecule has 1 aliphatic heterocycles. The minimum atomic E-state index is -0.363. The van der Waals surface area contributed by atoms with Gasteiger partial charge in [0.2, 0.25) is 6.29 Å². The quantitative estimate of drug-likeness (QED) is 0.697. The Morgan fingerprint density at radius 3 is 2.60 bits per heavy atom. The molecule has 1 aliphatic rings. The molecule has 0 N–H and O–H groups in total. The van der Waals surface area contributed by atoms with Crippen LogP contribution in [-0.4, -0.2) is 18.6 Å². The highest BCUT2D eigenvalue weighted by molar-refractivity contribution is 5.76. The molecular formula is C20H17NO4. The van der Waals surface area contributed by atoms with Crippen molar-refractivity contribution in [3.63, 3.8) is 0 Å². The molecule has 1 unspecified atom stereocenters. The Hall–Kier alpha value is -3.21. The molecule has 1 atom stereocenters. The van der Waals surface area contributed by atoms with Crippen LogP contribution in [0, 0.1) is 0 Å². The lowest BCUT2D eigenvalue weighted by atomic mass is 10.1. The molecule has 2 heterocycles. The topological polar surface area (TPSA) is 53.7 Å². The van der Waals surface area contributed by atoms with E-state index in [9.17, 15) is 0 Å². The van der Waals surface area contributed by atoms with Crippen LogP contribution < -0.4 is 4.74 Å². The van der Waals surface area contributed by atoms with Gasteiger partial charge in [0.1, 0.15) is 18.3 Å². The molecule has 0 aliphatic carbocycles. The number of benzene rings is 2. The van der Waals surface area contributed by atoms with Crippen molar-refractivity contribution in [1.82, 2.24) is 5.16 Å². The van der Waals surface area contributed by atoms with Crippen molar-refractivity contribution in [2.24, 2.45) is 0 Å². The SMILES string of the molecule is COc1ccc(-c2conc2C2=COC(Cc3ccccc3)O2)cc1. The second-order valence-corrected chi connectivity index (χ2v) is 5.66. The second-order valence-electron chi connectivity index (χ2n) is 5.66. The van der Waals surface area contributed by atoms with Crippen molar-refractivity contribution in [1.29, 1.82) is 0 Å². The third-order valence-corrected chi connectivity index (χ3v) is 4.03. The molecule has 0 bridgehead atoms. The van der Waals surface area contributed by atoms with E-state index in [0.29, 0.717) is 17.9 Å². The van der Waals surface area contributed by atoms with Crippen LogP contribution in [0.25, 0.3) is 16.9 Å². The summed E-state index contributed by atoms with van der Waals surface area (Å²) in [5.74, 6) is 1.37. The highest BCUT2D eigenvalue weighted by Crippen LogP contribution is 2.33. The molecule has 3 aromatic rings. The lowest BCUT2D eigenvalue weighted by Gasteiger charge is -2.11. The van der Waals surface area contributed by atoms with Gasteiger partial charge in [-0.05, 0) is 23.3 Å². The maximum Gasteiger partial charge on any atom is 0.244 e. The summed E-state index contributed by atoms with van der Waals surface area (Å²) in [5.41, 5.74) is 3.59. The molecule has 5 nitrogen and oxygen atoms in total. The Morgan fingerprint density at radius 1 is 1.04 bits per heavy atom. The number of hydrogen-bond acceptors (Lipinski definition) is 5. The summed E-state index contributed by atoms with van der Waals surface area (Å²) >= 11 is 0. The van der Waals surface area contributed by atoms with Gasteiger partial charge in [-0.3, -0.25) is 0 Å². The molecule has 0 saturated carbocycles. The van der Waals surface area contributed by atoms with Crippen LogP contribution in [0.15, 0.2) is 71.6 Å². The summed E-state index contributed by atoms with van der Waals surface area (Å²) in [6, 6.07) is 17.8. The van der Waals surface area contributed by atoms with Gasteiger partial charge in [-0.25, -0.2) is 0 Å². The van der Waals surface area contributed by atoms with Crippen molar-refractivity contribution >= 4 is 5.76 Å². The number of rotatable bonds is 5. The zero-order chi connectivity index (χ0) is 17.1. The predicted molar refractivity (Wildman–Crippen MR) is 92.6 cm³/mol. The zero-order valence-electron chi connectivity index (χ0n) is 13.7. The summed E-state index contributed by atoms with van der Waals surface area (Å²) in [6.07, 6.45) is 3.50. The smallest absolute Gasteiger partial charge is 0.244 e. The van der Waals surface area contributed by atoms with E-state index >= 15 is 0 Å². The van der Waals surface area contributed by atoms with Crippen molar-refractivity contribution in [2.45, 2.75) is 12.7 Å². The van der Waals surface area contributed by atoms with Gasteiger partial charge in [-0.1, -0.05) is 47.6 Å². The molecule has 25 heavy (non-hydrogen) atoms. The average molecular weight is 335 g/mol. The van der Waals surface area contributed by atoms with Crippen LogP contribution in [0.2, 0.25) is 0 Å². The van der Waals surface area contributed by atoms with Gasteiger partial charge in [-0.2, -0.15) is 0 Å². The van der Waals surface area contributed by atoms with Gasteiger partial charge in [-0.15, -0.1) is 0 Å². The Balaban J connectivity index is 1.51. The molecular weight excluding hydrogens is 318 g/mol. The highest BCUT2D eigenvalue weighted by atomic mass is 16.7. The monoisotopic (exact) mass is 335 g/mol. The van der Waals surface area contributed by atoms with Gasteiger partial charge >= 0.3 is 0 Å². The van der Waals surface area contributed by atoms with Crippen molar-refractivity contribution in [3.05, 3.63) is 78.4 Å². The molecule has 0 spiro atoms. The second kappa shape index (κ2) is 6.73. The number of hydrogen-bond donors (Lipinski definition) is 0. The van der Waals surface area contributed by atoms with Crippen molar-refractivity contribution in [3.8, 4) is 16.9 Å². The fourth-order valence-electron chi connectivity index (χ4n) is 2.73. The fraction of sp³-hybridized carbons (Fsp3) is 0.150. The Labute approximate surface area is 145 Å². The standard InChI is InChI=1S/C20H17NO4/c1-22-16-9-7-15(8-10-16)17-12-24-21-20(17)18-13-23-19(25-18)11-14-5-3-2-4-6-14/h2-10,12-13,19H,11H2,1H3. The first-order chi connectivity index (χ1) is 12.3. The minimum absolute atomic E-state index is 0.363. The largest absolute Gasteiger partial charge is 0.497 e. The Kier molecular flexibility index (Phi) is 4.12. The van der Waals surface area contributed by atoms with E-state index in [-0.39, 0.29) is 6.29 Å². The molecule has 2 aromatic carbocycles. The molecule has 0 fully saturated rings. The molecule has 0 radical (unpaired) electrons. The first-order valence-electron chi connectivity index (χ1n) is 7.99. The zero-order valence-corrected chi connectivity index (χ0v) is 13.7. The van der Waals surface area contributed by atoms with E-state index in [2.05, 4.69) is 5.16 Å². The highest BCUT2D eigenvalue weighted by Gasteiger charge is 2.25. The molecule has 4 rings (SSSR count). The first-order valence-corrected chi connectivity index (χ1v) is 7.99. The summed E-state index contributed by atoms with van der Waals surface area (Å²) < 4.78 is 21.9. The van der Waals surface area contributed by atoms with E-state index in [4.69, 9.17) is 18.7 Å². The third-order valence-electron chi connectivity index (χ3n) is 4.03. The molecule has 5 heteroatoms. The normalized spacial score (nSPS) is 16.0. The van der Waals surface area contributed by atoms with Gasteiger partial charge in [0, 0.05) is 6.42 Å². The van der Waals surface area contributed by atoms with E-state index in [1.54, 1.807) is 19.6 Å². The van der Waals surface area contributed by atoms with Gasteiger partial charge < -0.3 is 18.7 Å². The van der Waals surface area contributed by atoms with Crippen molar-refractivity contribution < 1.29 is 18.7 Å². The van der Waals surface area contributed by atoms with Crippen LogP contribution in [0.3, 0.4) is 0 Å². The predicted octanol–water partition coefficient (Wildman–Crippen LogP) is 4.26. The Bertz CT molecular complexity index is 868. The van der Waals surface area contributed by atoms with Gasteiger partial charge in [0.05, 0.1) is 12.7 Å². The van der Waals surface area contributed by atoms with Crippen molar-refractivity contribution in [2.75, 3.05) is 7.11 Å². The molecule has 0 saturated heterocycles. The number of nitrogens with zero attached hydrogens (tertiary/aromatic N) is 1. The number of methoxy groups -OCH3 is 1. The van der Waals surface area contributed by atoms with Gasteiger partial charge in [0.25, 0.3) is 0 Å². The maximum atomic E-state index is 5.91. The molecule has 1 aromatic heterocycles. The van der Waals surface area contributed by atoms with E-state index in [1.807, 2.05) is 54.6 Å². The minimum Gasteiger partial charge on any atom is -0.497 e. The van der Waals surface area contributed by atoms with E-state index < -0.39 is 0 Å². The summed E-state index contributed by atoms with van der Waals surface area (Å²) in [7, 11) is 1.64. The fourth-order valence-corrected chi connectivity index (χ4v) is 2.73.